The summed E-state index contributed by atoms with van der Waals surface area (Å²) in [6, 6.07) is 6.43. The van der Waals surface area contributed by atoms with Crippen molar-refractivity contribution >= 4 is 17.8 Å². The smallest absolute Gasteiger partial charge is 0.336 e. The molecule has 1 saturated carbocycles. The second kappa shape index (κ2) is 4.14. The number of amides is 2. The number of carbonyl (C=O) groups is 3. The number of hydrogen-bond acceptors (Lipinski definition) is 5. The average molecular weight is 287 g/mol. The molecule has 108 valence electrons. The molecule has 21 heavy (non-hydrogen) atoms. The zero-order valence-electron chi connectivity index (χ0n) is 11.2. The van der Waals surface area contributed by atoms with E-state index in [2.05, 4.69) is 0 Å². The molecule has 0 N–H and O–H groups in total. The molecule has 4 rings (SSSR count). The predicted molar refractivity (Wildman–Crippen MR) is 69.0 cm³/mol. The summed E-state index contributed by atoms with van der Waals surface area (Å²) in [5.41, 5.74) is 0.408. The fourth-order valence-corrected chi connectivity index (χ4v) is 3.14. The fourth-order valence-electron chi connectivity index (χ4n) is 3.14. The third-order valence-corrected chi connectivity index (χ3v) is 4.55. The first-order valence-corrected chi connectivity index (χ1v) is 6.90. The molecule has 2 aliphatic heterocycles. The maximum absolute atomic E-state index is 12.1. The Morgan fingerprint density at radius 3 is 2.48 bits per heavy atom. The molecular formula is C15H13NO5. The third kappa shape index (κ3) is 1.72. The number of carbonyl (C=O) groups excluding carboxylic acids is 3. The zero-order valence-corrected chi connectivity index (χ0v) is 11.2. The monoisotopic (exact) mass is 287 g/mol. The minimum Gasteiger partial charge on any atom is -0.381 e. The number of fused-ring (bicyclic) bond motifs is 1. The molecule has 1 aromatic rings. The minimum absolute atomic E-state index is 0.129. The van der Waals surface area contributed by atoms with E-state index in [1.165, 1.54) is 0 Å². The highest BCUT2D eigenvalue weighted by Gasteiger charge is 2.61. The van der Waals surface area contributed by atoms with Crippen LogP contribution in [-0.2, 0) is 14.4 Å². The Kier molecular flexibility index (Phi) is 2.47. The normalized spacial score (nSPS) is 29.9. The quantitative estimate of drug-likeness (QED) is 0.763. The molecule has 6 nitrogen and oxygen atoms in total. The molecule has 3 aliphatic rings. The van der Waals surface area contributed by atoms with Crippen LogP contribution >= 0.6 is 0 Å². The highest BCUT2D eigenvalue weighted by atomic mass is 16.7. The molecular weight excluding hydrogens is 274 g/mol. The topological polar surface area (TPSA) is 72.9 Å². The van der Waals surface area contributed by atoms with E-state index >= 15 is 0 Å². The number of benzene rings is 1. The van der Waals surface area contributed by atoms with Gasteiger partial charge in [-0.25, -0.2) is 4.79 Å². The Morgan fingerprint density at radius 2 is 1.90 bits per heavy atom. The van der Waals surface area contributed by atoms with Crippen LogP contribution in [0.1, 0.15) is 33.6 Å². The summed E-state index contributed by atoms with van der Waals surface area (Å²) >= 11 is 0. The molecule has 2 atom stereocenters. The van der Waals surface area contributed by atoms with Crippen LogP contribution in [0.3, 0.4) is 0 Å². The summed E-state index contributed by atoms with van der Waals surface area (Å²) in [6.07, 6.45) is 1.53. The molecule has 2 fully saturated rings. The lowest BCUT2D eigenvalue weighted by molar-refractivity contribution is -0.171. The number of hydrogen-bond donors (Lipinski definition) is 0. The Balaban J connectivity index is 1.50. The van der Waals surface area contributed by atoms with Crippen LogP contribution in [0.15, 0.2) is 24.3 Å². The first kappa shape index (κ1) is 12.5. The molecule has 6 heteroatoms. The van der Waals surface area contributed by atoms with E-state index in [1.807, 2.05) is 0 Å². The summed E-state index contributed by atoms with van der Waals surface area (Å²) in [6.45, 7) is 1.20. The Hall–Kier alpha value is -2.21. The molecule has 2 heterocycles. The first-order chi connectivity index (χ1) is 10.1. The Bertz CT molecular complexity index is 627. The highest BCUT2D eigenvalue weighted by molar-refractivity contribution is 6.20. The average Bonchev–Trinajstić information content (AvgIpc) is 2.90. The summed E-state index contributed by atoms with van der Waals surface area (Å²) in [5.74, 6) is -1.96. The van der Waals surface area contributed by atoms with Crippen molar-refractivity contribution in [3.8, 4) is 0 Å². The Labute approximate surface area is 120 Å². The SMILES string of the molecule is O=C(ON1C(=O)c2ccccc2C1=O)C1CC12CCOC2. The van der Waals surface area contributed by atoms with Gasteiger partial charge in [-0.3, -0.25) is 9.59 Å². The summed E-state index contributed by atoms with van der Waals surface area (Å²) in [5, 5.41) is 0.578. The van der Waals surface area contributed by atoms with E-state index in [0.717, 1.165) is 6.42 Å². The van der Waals surface area contributed by atoms with Gasteiger partial charge in [0.25, 0.3) is 11.8 Å². The van der Waals surface area contributed by atoms with Gasteiger partial charge in [-0.05, 0) is 25.0 Å². The molecule has 0 radical (unpaired) electrons. The van der Waals surface area contributed by atoms with Crippen molar-refractivity contribution < 1.29 is 24.0 Å². The molecule has 2 amide bonds. The number of rotatable bonds is 2. The van der Waals surface area contributed by atoms with Gasteiger partial charge < -0.3 is 9.57 Å². The fraction of sp³-hybridized carbons (Fsp3) is 0.400. The van der Waals surface area contributed by atoms with Gasteiger partial charge in [0.1, 0.15) is 0 Å². The lowest BCUT2D eigenvalue weighted by atomic mass is 10.0. The van der Waals surface area contributed by atoms with Crippen molar-refractivity contribution in [1.29, 1.82) is 0 Å². The molecule has 0 aromatic heterocycles. The van der Waals surface area contributed by atoms with Crippen LogP contribution < -0.4 is 0 Å². The number of hydroxylamine groups is 2. The maximum atomic E-state index is 12.1. The second-order valence-electron chi connectivity index (χ2n) is 5.78. The number of imide groups is 1. The van der Waals surface area contributed by atoms with Gasteiger partial charge in [0.05, 0.1) is 23.7 Å². The van der Waals surface area contributed by atoms with Crippen LogP contribution in [0, 0.1) is 11.3 Å². The summed E-state index contributed by atoms with van der Waals surface area (Å²) in [7, 11) is 0. The third-order valence-electron chi connectivity index (χ3n) is 4.55. The summed E-state index contributed by atoms with van der Waals surface area (Å²) in [4.78, 5) is 41.4. The van der Waals surface area contributed by atoms with E-state index in [-0.39, 0.29) is 22.5 Å². The summed E-state index contributed by atoms with van der Waals surface area (Å²) < 4.78 is 5.31. The standard InChI is InChI=1S/C15H13NO5/c17-12-9-3-1-2-4-10(9)13(18)16(12)21-14(19)11-7-15(11)5-6-20-8-15/h1-4,11H,5-8H2. The van der Waals surface area contributed by atoms with E-state index in [1.54, 1.807) is 24.3 Å². The van der Waals surface area contributed by atoms with Crippen molar-refractivity contribution in [2.24, 2.45) is 11.3 Å². The number of ether oxygens (including phenoxy) is 1. The zero-order chi connectivity index (χ0) is 14.6. The van der Waals surface area contributed by atoms with Crippen LogP contribution in [0.5, 0.6) is 0 Å². The van der Waals surface area contributed by atoms with E-state index in [4.69, 9.17) is 9.57 Å². The lowest BCUT2D eigenvalue weighted by Crippen LogP contribution is -2.34. The molecule has 1 aromatic carbocycles. The molecule has 1 aliphatic carbocycles. The van der Waals surface area contributed by atoms with Crippen LogP contribution in [-0.4, -0.2) is 36.1 Å². The minimum atomic E-state index is -0.582. The molecule has 1 saturated heterocycles. The van der Waals surface area contributed by atoms with Crippen molar-refractivity contribution in [3.63, 3.8) is 0 Å². The van der Waals surface area contributed by atoms with Gasteiger partial charge in [0, 0.05) is 12.0 Å². The van der Waals surface area contributed by atoms with Crippen molar-refractivity contribution in [3.05, 3.63) is 35.4 Å². The van der Waals surface area contributed by atoms with Gasteiger partial charge >= 0.3 is 5.97 Å². The van der Waals surface area contributed by atoms with Gasteiger partial charge in [0.15, 0.2) is 0 Å². The van der Waals surface area contributed by atoms with Crippen LogP contribution in [0.25, 0.3) is 0 Å². The molecule has 2 unspecified atom stereocenters. The second-order valence-corrected chi connectivity index (χ2v) is 5.78. The maximum Gasteiger partial charge on any atom is 0.336 e. The van der Waals surface area contributed by atoms with Gasteiger partial charge in [0.2, 0.25) is 0 Å². The predicted octanol–water partition coefficient (Wildman–Crippen LogP) is 1.17. The lowest BCUT2D eigenvalue weighted by Gasteiger charge is -2.13. The highest BCUT2D eigenvalue weighted by Crippen LogP contribution is 2.58. The van der Waals surface area contributed by atoms with Crippen molar-refractivity contribution in [1.82, 2.24) is 5.06 Å². The van der Waals surface area contributed by atoms with Crippen molar-refractivity contribution in [2.45, 2.75) is 12.8 Å². The van der Waals surface area contributed by atoms with Gasteiger partial charge in [-0.2, -0.15) is 0 Å². The van der Waals surface area contributed by atoms with Gasteiger partial charge in [-0.1, -0.05) is 17.2 Å². The van der Waals surface area contributed by atoms with E-state index in [0.29, 0.717) is 24.7 Å². The van der Waals surface area contributed by atoms with Crippen molar-refractivity contribution in [2.75, 3.05) is 13.2 Å². The largest absolute Gasteiger partial charge is 0.381 e. The first-order valence-electron chi connectivity index (χ1n) is 6.90. The molecule has 1 spiro atoms. The van der Waals surface area contributed by atoms with Crippen LogP contribution in [0.4, 0.5) is 0 Å². The van der Waals surface area contributed by atoms with E-state index < -0.39 is 17.8 Å². The Morgan fingerprint density at radius 1 is 1.24 bits per heavy atom. The number of nitrogens with zero attached hydrogens (tertiary/aromatic N) is 1. The molecule has 0 bridgehead atoms. The van der Waals surface area contributed by atoms with Gasteiger partial charge in [-0.15, -0.1) is 0 Å². The van der Waals surface area contributed by atoms with E-state index in [9.17, 15) is 14.4 Å². The van der Waals surface area contributed by atoms with Crippen LogP contribution in [0.2, 0.25) is 0 Å².